The van der Waals surface area contributed by atoms with E-state index in [9.17, 15) is 9.59 Å². The average molecular weight is 450 g/mol. The number of nitrogens with one attached hydrogen (secondary N) is 2. The maximum atomic E-state index is 12.7. The Morgan fingerprint density at radius 3 is 2.21 bits per heavy atom. The van der Waals surface area contributed by atoms with Gasteiger partial charge in [0, 0.05) is 62.4 Å². The van der Waals surface area contributed by atoms with Gasteiger partial charge in [-0.2, -0.15) is 0 Å². The first kappa shape index (κ1) is 23.2. The molecule has 176 valence electrons. The molecule has 0 saturated carbocycles. The molecule has 0 bridgehead atoms. The van der Waals surface area contributed by atoms with Crippen LogP contribution in [0.3, 0.4) is 0 Å². The van der Waals surface area contributed by atoms with E-state index in [1.54, 1.807) is 0 Å². The second kappa shape index (κ2) is 11.8. The molecule has 0 unspecified atom stereocenters. The fourth-order valence-corrected chi connectivity index (χ4v) is 4.64. The standard InChI is InChI=1S/C26H35N5O2/c32-25(31-16-3-1-2-4-17-31)22-5-7-23(8-6-22)28-26(33)29-24-12-19-30(20-13-24)18-11-21-9-14-27-15-10-21/h5-10,14-15,24H,1-4,11-13,16-20H2,(H2,28,29,33). The van der Waals surface area contributed by atoms with E-state index >= 15 is 0 Å². The number of piperidine rings is 1. The minimum absolute atomic E-state index is 0.0867. The number of nitrogens with zero attached hydrogens (tertiary/aromatic N) is 3. The third-order valence-electron chi connectivity index (χ3n) is 6.67. The molecule has 2 aliphatic heterocycles. The van der Waals surface area contributed by atoms with E-state index in [-0.39, 0.29) is 18.0 Å². The lowest BCUT2D eigenvalue weighted by Crippen LogP contribution is -2.46. The molecule has 0 radical (unpaired) electrons. The summed E-state index contributed by atoms with van der Waals surface area (Å²) >= 11 is 0. The van der Waals surface area contributed by atoms with Gasteiger partial charge in [0.25, 0.3) is 5.91 Å². The highest BCUT2D eigenvalue weighted by Crippen LogP contribution is 2.16. The first-order valence-corrected chi connectivity index (χ1v) is 12.3. The van der Waals surface area contributed by atoms with Crippen LogP contribution < -0.4 is 10.6 Å². The molecule has 7 nitrogen and oxygen atoms in total. The van der Waals surface area contributed by atoms with Crippen molar-refractivity contribution in [1.29, 1.82) is 0 Å². The van der Waals surface area contributed by atoms with E-state index in [2.05, 4.69) is 32.7 Å². The Kier molecular flexibility index (Phi) is 8.30. The molecule has 7 heteroatoms. The van der Waals surface area contributed by atoms with Crippen LogP contribution in [0.5, 0.6) is 0 Å². The third kappa shape index (κ3) is 7.02. The third-order valence-corrected chi connectivity index (χ3v) is 6.67. The van der Waals surface area contributed by atoms with Gasteiger partial charge in [-0.25, -0.2) is 4.79 Å². The maximum Gasteiger partial charge on any atom is 0.319 e. The van der Waals surface area contributed by atoms with Crippen LogP contribution in [0.1, 0.15) is 54.4 Å². The number of carbonyl (C=O) groups excluding carboxylic acids is 2. The molecule has 33 heavy (non-hydrogen) atoms. The van der Waals surface area contributed by atoms with Crippen LogP contribution >= 0.6 is 0 Å². The van der Waals surface area contributed by atoms with Crippen LogP contribution in [0.25, 0.3) is 0 Å². The van der Waals surface area contributed by atoms with Gasteiger partial charge in [0.1, 0.15) is 0 Å². The average Bonchev–Trinajstić information content (AvgIpc) is 3.14. The fourth-order valence-electron chi connectivity index (χ4n) is 4.64. The molecule has 2 aliphatic rings. The molecule has 0 atom stereocenters. The topological polar surface area (TPSA) is 77.6 Å². The molecule has 2 saturated heterocycles. The Hall–Kier alpha value is -2.93. The zero-order valence-corrected chi connectivity index (χ0v) is 19.3. The molecule has 3 amide bonds. The summed E-state index contributed by atoms with van der Waals surface area (Å²) in [5, 5.41) is 6.01. The van der Waals surface area contributed by atoms with Gasteiger partial charge >= 0.3 is 6.03 Å². The van der Waals surface area contributed by atoms with Crippen molar-refractivity contribution in [2.24, 2.45) is 0 Å². The number of hydrogen-bond acceptors (Lipinski definition) is 4. The minimum Gasteiger partial charge on any atom is -0.339 e. The predicted octanol–water partition coefficient (Wildman–Crippen LogP) is 3.93. The zero-order valence-electron chi connectivity index (χ0n) is 19.3. The number of aromatic nitrogens is 1. The lowest BCUT2D eigenvalue weighted by atomic mass is 10.0. The van der Waals surface area contributed by atoms with Gasteiger partial charge in [0.2, 0.25) is 0 Å². The first-order valence-electron chi connectivity index (χ1n) is 12.3. The highest BCUT2D eigenvalue weighted by atomic mass is 16.2. The fraction of sp³-hybridized carbons (Fsp3) is 0.500. The second-order valence-corrected chi connectivity index (χ2v) is 9.10. The van der Waals surface area contributed by atoms with Crippen LogP contribution in [-0.2, 0) is 6.42 Å². The Morgan fingerprint density at radius 1 is 0.879 bits per heavy atom. The number of amides is 3. The van der Waals surface area contributed by atoms with Gasteiger partial charge in [-0.3, -0.25) is 9.78 Å². The Labute approximate surface area is 196 Å². The second-order valence-electron chi connectivity index (χ2n) is 9.10. The van der Waals surface area contributed by atoms with Crippen molar-refractivity contribution in [3.05, 3.63) is 59.9 Å². The molecule has 0 spiro atoms. The number of benzene rings is 1. The first-order chi connectivity index (χ1) is 16.2. The number of urea groups is 1. The number of pyridine rings is 1. The van der Waals surface area contributed by atoms with Crippen LogP contribution in [0, 0.1) is 0 Å². The van der Waals surface area contributed by atoms with Gasteiger partial charge < -0.3 is 20.4 Å². The summed E-state index contributed by atoms with van der Waals surface area (Å²) in [6.45, 7) is 4.69. The number of rotatable bonds is 6. The predicted molar refractivity (Wildman–Crippen MR) is 130 cm³/mol. The molecule has 4 rings (SSSR count). The van der Waals surface area contributed by atoms with E-state index in [0.717, 1.165) is 64.8 Å². The quantitative estimate of drug-likeness (QED) is 0.701. The van der Waals surface area contributed by atoms with Gasteiger partial charge in [0.05, 0.1) is 0 Å². The van der Waals surface area contributed by atoms with E-state index in [1.165, 1.54) is 18.4 Å². The molecule has 2 aromatic rings. The monoisotopic (exact) mass is 449 g/mol. The molecular formula is C26H35N5O2. The zero-order chi connectivity index (χ0) is 22.9. The van der Waals surface area contributed by atoms with Crippen molar-refractivity contribution in [2.75, 3.05) is 38.0 Å². The molecular weight excluding hydrogens is 414 g/mol. The van der Waals surface area contributed by atoms with Crippen molar-refractivity contribution in [3.8, 4) is 0 Å². The maximum absolute atomic E-state index is 12.7. The lowest BCUT2D eigenvalue weighted by Gasteiger charge is -2.32. The largest absolute Gasteiger partial charge is 0.339 e. The Bertz CT molecular complexity index is 887. The molecule has 2 N–H and O–H groups in total. The molecule has 2 fully saturated rings. The van der Waals surface area contributed by atoms with Gasteiger partial charge in [0.15, 0.2) is 0 Å². The number of carbonyl (C=O) groups is 2. The van der Waals surface area contributed by atoms with Gasteiger partial charge in [-0.05, 0) is 74.1 Å². The number of anilines is 1. The summed E-state index contributed by atoms with van der Waals surface area (Å²) in [5.74, 6) is 0.0867. The van der Waals surface area contributed by atoms with E-state index < -0.39 is 0 Å². The number of hydrogen-bond donors (Lipinski definition) is 2. The summed E-state index contributed by atoms with van der Waals surface area (Å²) in [6, 6.07) is 11.4. The SMILES string of the molecule is O=C(Nc1ccc(C(=O)N2CCCCCC2)cc1)NC1CCN(CCc2ccncc2)CC1. The Morgan fingerprint density at radius 2 is 1.55 bits per heavy atom. The molecule has 1 aromatic carbocycles. The van der Waals surface area contributed by atoms with Crippen molar-refractivity contribution < 1.29 is 9.59 Å². The highest BCUT2D eigenvalue weighted by Gasteiger charge is 2.21. The number of likely N-dealkylation sites (tertiary alicyclic amines) is 2. The molecule has 3 heterocycles. The van der Waals surface area contributed by atoms with Gasteiger partial charge in [-0.1, -0.05) is 12.8 Å². The van der Waals surface area contributed by atoms with E-state index in [0.29, 0.717) is 11.3 Å². The van der Waals surface area contributed by atoms with Crippen molar-refractivity contribution in [1.82, 2.24) is 20.1 Å². The normalized spacial score (nSPS) is 17.9. The highest BCUT2D eigenvalue weighted by molar-refractivity contribution is 5.95. The molecule has 0 aliphatic carbocycles. The van der Waals surface area contributed by atoms with Crippen molar-refractivity contribution in [2.45, 2.75) is 51.0 Å². The van der Waals surface area contributed by atoms with Crippen LogP contribution in [0.2, 0.25) is 0 Å². The van der Waals surface area contributed by atoms with Crippen LogP contribution in [0.4, 0.5) is 10.5 Å². The summed E-state index contributed by atoms with van der Waals surface area (Å²) in [4.78, 5) is 33.7. The van der Waals surface area contributed by atoms with Crippen molar-refractivity contribution in [3.63, 3.8) is 0 Å². The van der Waals surface area contributed by atoms with Crippen molar-refractivity contribution >= 4 is 17.6 Å². The summed E-state index contributed by atoms with van der Waals surface area (Å²) in [6.07, 6.45) is 11.2. The van der Waals surface area contributed by atoms with E-state index in [1.807, 2.05) is 41.6 Å². The smallest absolute Gasteiger partial charge is 0.319 e. The van der Waals surface area contributed by atoms with E-state index in [4.69, 9.17) is 0 Å². The summed E-state index contributed by atoms with van der Waals surface area (Å²) < 4.78 is 0. The molecule has 1 aromatic heterocycles. The summed E-state index contributed by atoms with van der Waals surface area (Å²) in [5.41, 5.74) is 2.69. The van der Waals surface area contributed by atoms with Gasteiger partial charge in [-0.15, -0.1) is 0 Å². The van der Waals surface area contributed by atoms with Crippen LogP contribution in [0.15, 0.2) is 48.8 Å². The van der Waals surface area contributed by atoms with Crippen LogP contribution in [-0.4, -0.2) is 65.5 Å². The lowest BCUT2D eigenvalue weighted by molar-refractivity contribution is 0.0761. The Balaban J connectivity index is 1.18. The summed E-state index contributed by atoms with van der Waals surface area (Å²) in [7, 11) is 0. The minimum atomic E-state index is -0.183.